The number of hydrogen-bond donors (Lipinski definition) is 1. The van der Waals surface area contributed by atoms with Gasteiger partial charge in [0, 0.05) is 37.8 Å². The van der Waals surface area contributed by atoms with Crippen LogP contribution in [0.25, 0.3) is 0 Å². The lowest BCUT2D eigenvalue weighted by Crippen LogP contribution is -2.36. The Labute approximate surface area is 175 Å². The molecule has 1 saturated heterocycles. The number of nitrogens with one attached hydrogen (secondary N) is 1. The standard InChI is InChI=1S/C22H29F3N4O/c1-16-13-17(2)29(27-16)12-4-11-28-20(7-8-21(28)30)9-10-26-15-18-5-3-6-19(14-18)22(23,24)25/h3,5-6,13-14,20,26H,4,7-12,15H2,1-2H3. The average molecular weight is 422 g/mol. The van der Waals surface area contributed by atoms with Gasteiger partial charge in [0.05, 0.1) is 11.3 Å². The molecule has 0 aliphatic carbocycles. The summed E-state index contributed by atoms with van der Waals surface area (Å²) in [6.07, 6.45) is -1.28. The van der Waals surface area contributed by atoms with Crippen LogP contribution < -0.4 is 5.32 Å². The molecule has 1 N–H and O–H groups in total. The minimum absolute atomic E-state index is 0.186. The van der Waals surface area contributed by atoms with Crippen LogP contribution in [0.2, 0.25) is 0 Å². The number of carbonyl (C=O) groups excluding carboxylic acids is 1. The second kappa shape index (κ2) is 9.64. The van der Waals surface area contributed by atoms with Crippen molar-refractivity contribution in [3.05, 3.63) is 52.8 Å². The summed E-state index contributed by atoms with van der Waals surface area (Å²) < 4.78 is 40.4. The summed E-state index contributed by atoms with van der Waals surface area (Å²) in [5, 5.41) is 7.67. The molecular weight excluding hydrogens is 393 g/mol. The maximum atomic E-state index is 12.8. The molecule has 1 amide bonds. The van der Waals surface area contributed by atoms with Crippen LogP contribution in [-0.2, 0) is 24.1 Å². The zero-order valence-corrected chi connectivity index (χ0v) is 17.5. The molecule has 3 rings (SSSR count). The molecule has 1 aromatic carbocycles. The van der Waals surface area contributed by atoms with Crippen molar-refractivity contribution in [3.8, 4) is 0 Å². The van der Waals surface area contributed by atoms with Crippen LogP contribution >= 0.6 is 0 Å². The van der Waals surface area contributed by atoms with Crippen molar-refractivity contribution in [1.82, 2.24) is 20.0 Å². The molecule has 5 nitrogen and oxygen atoms in total. The number of alkyl halides is 3. The van der Waals surface area contributed by atoms with Gasteiger partial charge < -0.3 is 10.2 Å². The van der Waals surface area contributed by atoms with E-state index in [1.54, 1.807) is 6.07 Å². The first-order valence-corrected chi connectivity index (χ1v) is 10.4. The Morgan fingerprint density at radius 2 is 2.00 bits per heavy atom. The third kappa shape index (κ3) is 5.84. The second-order valence-corrected chi connectivity index (χ2v) is 7.95. The number of rotatable bonds is 9. The predicted molar refractivity (Wildman–Crippen MR) is 109 cm³/mol. The lowest BCUT2D eigenvalue weighted by Gasteiger charge is -2.25. The van der Waals surface area contributed by atoms with E-state index >= 15 is 0 Å². The molecule has 2 aromatic rings. The minimum atomic E-state index is -4.33. The van der Waals surface area contributed by atoms with Crippen molar-refractivity contribution >= 4 is 5.91 Å². The van der Waals surface area contributed by atoms with Gasteiger partial charge in [0.15, 0.2) is 0 Å². The number of likely N-dealkylation sites (tertiary alicyclic amines) is 1. The number of halogens is 3. The molecule has 0 saturated carbocycles. The van der Waals surface area contributed by atoms with Crippen molar-refractivity contribution in [1.29, 1.82) is 0 Å². The Morgan fingerprint density at radius 1 is 1.20 bits per heavy atom. The van der Waals surface area contributed by atoms with Crippen LogP contribution in [0.4, 0.5) is 13.2 Å². The number of aromatic nitrogens is 2. The fourth-order valence-electron chi connectivity index (χ4n) is 4.05. The van der Waals surface area contributed by atoms with Crippen LogP contribution in [0.3, 0.4) is 0 Å². The fourth-order valence-corrected chi connectivity index (χ4v) is 4.05. The largest absolute Gasteiger partial charge is 0.416 e. The van der Waals surface area contributed by atoms with Crippen LogP contribution in [0, 0.1) is 13.8 Å². The van der Waals surface area contributed by atoms with Crippen molar-refractivity contribution in [2.75, 3.05) is 13.1 Å². The van der Waals surface area contributed by atoms with Gasteiger partial charge in [0.1, 0.15) is 0 Å². The molecular formula is C22H29F3N4O. The first-order chi connectivity index (χ1) is 14.2. The Hall–Kier alpha value is -2.35. The zero-order valence-electron chi connectivity index (χ0n) is 17.5. The minimum Gasteiger partial charge on any atom is -0.340 e. The summed E-state index contributed by atoms with van der Waals surface area (Å²) in [4.78, 5) is 14.2. The topological polar surface area (TPSA) is 50.2 Å². The number of hydrogen-bond acceptors (Lipinski definition) is 3. The lowest BCUT2D eigenvalue weighted by molar-refractivity contribution is -0.137. The van der Waals surface area contributed by atoms with E-state index in [0.29, 0.717) is 31.6 Å². The number of aryl methyl sites for hydroxylation is 3. The first kappa shape index (κ1) is 22.3. The molecule has 8 heteroatoms. The molecule has 1 aliphatic rings. The van der Waals surface area contributed by atoms with E-state index in [9.17, 15) is 18.0 Å². The number of carbonyl (C=O) groups is 1. The summed E-state index contributed by atoms with van der Waals surface area (Å²) in [6.45, 7) is 6.51. The van der Waals surface area contributed by atoms with Crippen molar-refractivity contribution < 1.29 is 18.0 Å². The van der Waals surface area contributed by atoms with Gasteiger partial charge in [-0.25, -0.2) is 0 Å². The fraction of sp³-hybridized carbons (Fsp3) is 0.545. The predicted octanol–water partition coefficient (Wildman–Crippen LogP) is 4.08. The van der Waals surface area contributed by atoms with Gasteiger partial charge in [-0.3, -0.25) is 9.48 Å². The van der Waals surface area contributed by atoms with E-state index in [1.807, 2.05) is 29.5 Å². The average Bonchev–Trinajstić information content (AvgIpc) is 3.20. The molecule has 1 atom stereocenters. The third-order valence-corrected chi connectivity index (χ3v) is 5.56. The lowest BCUT2D eigenvalue weighted by atomic mass is 10.1. The Kier molecular flexibility index (Phi) is 7.18. The molecule has 2 heterocycles. The first-order valence-electron chi connectivity index (χ1n) is 10.4. The zero-order chi connectivity index (χ0) is 21.7. The number of benzene rings is 1. The van der Waals surface area contributed by atoms with Crippen molar-refractivity contribution in [2.24, 2.45) is 0 Å². The number of nitrogens with zero attached hydrogens (tertiary/aromatic N) is 3. The Bertz CT molecular complexity index is 862. The molecule has 0 spiro atoms. The highest BCUT2D eigenvalue weighted by Gasteiger charge is 2.31. The van der Waals surface area contributed by atoms with Gasteiger partial charge in [-0.1, -0.05) is 18.2 Å². The molecule has 1 aromatic heterocycles. The molecule has 164 valence electrons. The maximum Gasteiger partial charge on any atom is 0.416 e. The summed E-state index contributed by atoms with van der Waals surface area (Å²) in [5.74, 6) is 0.186. The van der Waals surface area contributed by atoms with Crippen LogP contribution in [0.15, 0.2) is 30.3 Å². The summed E-state index contributed by atoms with van der Waals surface area (Å²) >= 11 is 0. The molecule has 1 fully saturated rings. The second-order valence-electron chi connectivity index (χ2n) is 7.95. The molecule has 30 heavy (non-hydrogen) atoms. The summed E-state index contributed by atoms with van der Waals surface area (Å²) in [6, 6.07) is 7.61. The van der Waals surface area contributed by atoms with Gasteiger partial charge in [-0.15, -0.1) is 0 Å². The highest BCUT2D eigenvalue weighted by atomic mass is 19.4. The highest BCUT2D eigenvalue weighted by molar-refractivity contribution is 5.78. The van der Waals surface area contributed by atoms with Crippen LogP contribution in [0.1, 0.15) is 48.2 Å². The van der Waals surface area contributed by atoms with Crippen LogP contribution in [0.5, 0.6) is 0 Å². The number of amides is 1. The summed E-state index contributed by atoms with van der Waals surface area (Å²) in [5.41, 5.74) is 2.09. The van der Waals surface area contributed by atoms with Gasteiger partial charge in [-0.05, 0) is 57.4 Å². The van der Waals surface area contributed by atoms with E-state index in [4.69, 9.17) is 0 Å². The van der Waals surface area contributed by atoms with Crippen molar-refractivity contribution in [3.63, 3.8) is 0 Å². The van der Waals surface area contributed by atoms with Gasteiger partial charge in [-0.2, -0.15) is 18.3 Å². The molecule has 1 unspecified atom stereocenters. The van der Waals surface area contributed by atoms with Gasteiger partial charge in [0.25, 0.3) is 0 Å². The van der Waals surface area contributed by atoms with Gasteiger partial charge >= 0.3 is 6.18 Å². The highest BCUT2D eigenvalue weighted by Crippen LogP contribution is 2.29. The smallest absolute Gasteiger partial charge is 0.340 e. The van der Waals surface area contributed by atoms with E-state index in [0.717, 1.165) is 43.3 Å². The Morgan fingerprint density at radius 3 is 2.70 bits per heavy atom. The van der Waals surface area contributed by atoms with Crippen molar-refractivity contribution in [2.45, 2.75) is 64.8 Å². The van der Waals surface area contributed by atoms with E-state index < -0.39 is 11.7 Å². The van der Waals surface area contributed by atoms with E-state index in [-0.39, 0.29) is 11.9 Å². The van der Waals surface area contributed by atoms with Crippen LogP contribution in [-0.4, -0.2) is 39.7 Å². The summed E-state index contributed by atoms with van der Waals surface area (Å²) in [7, 11) is 0. The monoisotopic (exact) mass is 422 g/mol. The normalized spacial score (nSPS) is 17.2. The maximum absolute atomic E-state index is 12.8. The molecule has 0 bridgehead atoms. The van der Waals surface area contributed by atoms with E-state index in [2.05, 4.69) is 10.4 Å². The third-order valence-electron chi connectivity index (χ3n) is 5.56. The SMILES string of the molecule is Cc1cc(C)n(CCCN2C(=O)CCC2CCNCc2cccc(C(F)(F)F)c2)n1. The molecule has 0 radical (unpaired) electrons. The Balaban J connectivity index is 1.43. The van der Waals surface area contributed by atoms with Gasteiger partial charge in [0.2, 0.25) is 5.91 Å². The molecule has 1 aliphatic heterocycles. The quantitative estimate of drug-likeness (QED) is 0.620. The van der Waals surface area contributed by atoms with E-state index in [1.165, 1.54) is 12.1 Å².